The number of rotatable bonds is 24. The molecule has 0 saturated heterocycles. The van der Waals surface area contributed by atoms with Gasteiger partial charge in [-0.05, 0) is 81.1 Å². The molecular formula is C47H54N5O11PS. The molecule has 0 fully saturated rings. The summed E-state index contributed by atoms with van der Waals surface area (Å²) in [5.74, 6) is -3.86. The number of carbonyl (C=O) groups is 6. The molecule has 0 spiro atoms. The molecule has 5 aromatic rings. The Labute approximate surface area is 380 Å². The highest BCUT2D eigenvalue weighted by Crippen LogP contribution is 2.37. The van der Waals surface area contributed by atoms with Gasteiger partial charge in [0, 0.05) is 19.3 Å². The van der Waals surface area contributed by atoms with Crippen molar-refractivity contribution in [2.75, 3.05) is 12.0 Å². The van der Waals surface area contributed by atoms with Crippen molar-refractivity contribution in [1.29, 1.82) is 0 Å². The maximum absolute atomic E-state index is 14.7. The molecule has 344 valence electrons. The van der Waals surface area contributed by atoms with E-state index in [2.05, 4.69) is 31.1 Å². The van der Waals surface area contributed by atoms with Gasteiger partial charge in [-0.1, -0.05) is 111 Å². The number of thioether (sulfide) groups is 1. The Morgan fingerprint density at radius 2 is 1.05 bits per heavy atom. The maximum Gasteiger partial charge on any atom is 0.524 e. The number of phosphoric ester groups is 1. The minimum absolute atomic E-state index is 0.0302. The fourth-order valence-electron chi connectivity index (χ4n) is 7.28. The molecule has 0 bridgehead atoms. The van der Waals surface area contributed by atoms with E-state index in [0.717, 1.165) is 21.5 Å². The van der Waals surface area contributed by atoms with Crippen LogP contribution in [0.3, 0.4) is 0 Å². The third kappa shape index (κ3) is 15.5. The van der Waals surface area contributed by atoms with Crippen LogP contribution in [0.15, 0.2) is 109 Å². The number of fused-ring (bicyclic) bond motifs is 2. The molecule has 65 heavy (non-hydrogen) atoms. The number of phosphoric acid groups is 1. The summed E-state index contributed by atoms with van der Waals surface area (Å²) >= 11 is 1.49. The maximum atomic E-state index is 14.7. The van der Waals surface area contributed by atoms with E-state index in [9.17, 15) is 38.4 Å². The molecule has 18 heteroatoms. The fourth-order valence-corrected chi connectivity index (χ4v) is 8.15. The number of carboxylic acids is 1. The van der Waals surface area contributed by atoms with Crippen molar-refractivity contribution < 1.29 is 52.7 Å². The van der Waals surface area contributed by atoms with Gasteiger partial charge in [-0.25, -0.2) is 9.36 Å². The molecule has 0 aliphatic heterocycles. The first kappa shape index (κ1) is 49.8. The highest BCUT2D eigenvalue weighted by molar-refractivity contribution is 7.98. The van der Waals surface area contributed by atoms with Crippen LogP contribution in [0.2, 0.25) is 0 Å². The third-order valence-corrected chi connectivity index (χ3v) is 11.6. The smallest absolute Gasteiger partial charge is 0.480 e. The Morgan fingerprint density at radius 3 is 1.51 bits per heavy atom. The lowest BCUT2D eigenvalue weighted by atomic mass is 9.98. The Hall–Kier alpha value is -6.26. The highest BCUT2D eigenvalue weighted by atomic mass is 32.2. The molecule has 5 rings (SSSR count). The molecule has 8 N–H and O–H groups in total. The van der Waals surface area contributed by atoms with Gasteiger partial charge in [-0.15, -0.1) is 0 Å². The van der Waals surface area contributed by atoms with Gasteiger partial charge in [0.15, 0.2) is 0 Å². The van der Waals surface area contributed by atoms with Crippen LogP contribution in [-0.2, 0) is 52.6 Å². The second-order valence-corrected chi connectivity index (χ2v) is 18.2. The summed E-state index contributed by atoms with van der Waals surface area (Å²) in [6.07, 6.45) is 2.46. The Bertz CT molecular complexity index is 2520. The minimum Gasteiger partial charge on any atom is -0.480 e. The lowest BCUT2D eigenvalue weighted by Gasteiger charge is -2.27. The van der Waals surface area contributed by atoms with E-state index in [1.807, 2.05) is 99.0 Å². The Kier molecular flexibility index (Phi) is 18.1. The minimum atomic E-state index is -4.84. The van der Waals surface area contributed by atoms with Gasteiger partial charge in [0.1, 0.15) is 36.0 Å². The van der Waals surface area contributed by atoms with Crippen molar-refractivity contribution in [2.24, 2.45) is 5.92 Å². The first-order valence-electron chi connectivity index (χ1n) is 20.9. The molecule has 5 atom stereocenters. The number of hydrogen-bond donors (Lipinski definition) is 8. The van der Waals surface area contributed by atoms with Crippen molar-refractivity contribution >= 4 is 77.1 Å². The lowest BCUT2D eigenvalue weighted by molar-refractivity contribution is -0.142. The van der Waals surface area contributed by atoms with E-state index in [0.29, 0.717) is 35.3 Å². The van der Waals surface area contributed by atoms with Crippen molar-refractivity contribution in [1.82, 2.24) is 26.6 Å². The Balaban J connectivity index is 1.46. The quantitative estimate of drug-likeness (QED) is 0.0316. The summed E-state index contributed by atoms with van der Waals surface area (Å²) < 4.78 is 15.9. The zero-order valence-corrected chi connectivity index (χ0v) is 37.9. The van der Waals surface area contributed by atoms with E-state index in [-0.39, 0.29) is 37.4 Å². The van der Waals surface area contributed by atoms with E-state index >= 15 is 0 Å². The molecule has 5 amide bonds. The SMILES string of the molecule is CSCCC(NC=O)C(=O)N[C@@H](CC(C)C)C(=O)NC(Cc1ccc2ccccc2c1)C(=O)NC(Cc1ccc2ccccc2c1)C(=O)NC(Cc1ccc(OP(=O)(O)O)cc1)C(=O)O. The second kappa shape index (κ2) is 23.6. The summed E-state index contributed by atoms with van der Waals surface area (Å²) in [4.78, 5) is 98.9. The van der Waals surface area contributed by atoms with Gasteiger partial charge in [0.05, 0.1) is 0 Å². The van der Waals surface area contributed by atoms with E-state index in [1.54, 1.807) is 6.07 Å². The van der Waals surface area contributed by atoms with Crippen LogP contribution in [0.1, 0.15) is 43.4 Å². The predicted molar refractivity (Wildman–Crippen MR) is 249 cm³/mol. The fraction of sp³-hybridized carbons (Fsp3) is 0.319. The van der Waals surface area contributed by atoms with Gasteiger partial charge in [-0.3, -0.25) is 33.8 Å². The first-order valence-corrected chi connectivity index (χ1v) is 23.9. The summed E-state index contributed by atoms with van der Waals surface area (Å²) in [5, 5.41) is 27.4. The van der Waals surface area contributed by atoms with Crippen LogP contribution in [0.25, 0.3) is 21.5 Å². The van der Waals surface area contributed by atoms with Gasteiger partial charge >= 0.3 is 13.8 Å². The van der Waals surface area contributed by atoms with Gasteiger partial charge < -0.3 is 36.2 Å². The molecule has 0 aliphatic carbocycles. The number of carboxylic acid groups (broad SMARTS) is 1. The van der Waals surface area contributed by atoms with Crippen LogP contribution in [-0.4, -0.2) is 93.1 Å². The highest BCUT2D eigenvalue weighted by Gasteiger charge is 2.33. The van der Waals surface area contributed by atoms with Crippen LogP contribution >= 0.6 is 19.6 Å². The molecule has 0 heterocycles. The second-order valence-electron chi connectivity index (χ2n) is 16.0. The topological polar surface area (TPSA) is 250 Å². The van der Waals surface area contributed by atoms with Crippen LogP contribution < -0.4 is 31.1 Å². The summed E-state index contributed by atoms with van der Waals surface area (Å²) in [6.45, 7) is 3.74. The van der Waals surface area contributed by atoms with Crippen molar-refractivity contribution in [3.05, 3.63) is 126 Å². The molecule has 0 aromatic heterocycles. The average molecular weight is 928 g/mol. The van der Waals surface area contributed by atoms with Gasteiger partial charge in [-0.2, -0.15) is 11.8 Å². The van der Waals surface area contributed by atoms with Gasteiger partial charge in [0.25, 0.3) is 0 Å². The number of aliphatic carboxylic acids is 1. The molecule has 0 aliphatic rings. The normalized spacial score (nSPS) is 13.8. The van der Waals surface area contributed by atoms with Crippen molar-refractivity contribution in [2.45, 2.75) is 76.2 Å². The van der Waals surface area contributed by atoms with Crippen molar-refractivity contribution in [3.63, 3.8) is 0 Å². The average Bonchev–Trinajstić information content (AvgIpc) is 3.26. The van der Waals surface area contributed by atoms with E-state index in [1.165, 1.54) is 36.0 Å². The standard InChI is InChI=1S/C47H54N5O11PS/c1-29(2)22-39(49-43(54)38(48-28-53)20-21-65-3)44(55)50-40(26-31-12-16-33-8-4-6-10-35(33)23-31)45(56)51-41(27-32-13-17-34-9-5-7-11-36(34)24-32)46(57)52-42(47(58)59)25-30-14-18-37(19-15-30)63-64(60,61)62/h4-19,23-24,28-29,38-42H,20-22,25-27H2,1-3H3,(H,48,53)(H,49,54)(H,50,55)(H,51,56)(H,52,57)(H,58,59)(H2,60,61,62)/t38?,39-,40?,41?,42?/m0/s1. The predicted octanol–water partition coefficient (Wildman–Crippen LogP) is 4.43. The summed E-state index contributed by atoms with van der Waals surface area (Å²) in [6, 6.07) is 25.4. The number of benzene rings is 5. The zero-order chi connectivity index (χ0) is 47.1. The molecule has 4 unspecified atom stereocenters. The summed E-state index contributed by atoms with van der Waals surface area (Å²) in [5.41, 5.74) is 1.72. The number of nitrogens with one attached hydrogen (secondary N) is 5. The van der Waals surface area contributed by atoms with Crippen LogP contribution in [0, 0.1) is 5.92 Å². The van der Waals surface area contributed by atoms with Crippen LogP contribution in [0.5, 0.6) is 5.75 Å². The Morgan fingerprint density at radius 1 is 0.615 bits per heavy atom. The molecular weight excluding hydrogens is 874 g/mol. The molecule has 5 aromatic carbocycles. The largest absolute Gasteiger partial charge is 0.524 e. The monoisotopic (exact) mass is 927 g/mol. The van der Waals surface area contributed by atoms with Crippen LogP contribution in [0.4, 0.5) is 0 Å². The number of hydrogen-bond acceptors (Lipinski definition) is 9. The first-order chi connectivity index (χ1) is 31.0. The number of carbonyl (C=O) groups excluding carboxylic acids is 5. The van der Waals surface area contributed by atoms with Gasteiger partial charge in [0.2, 0.25) is 30.0 Å². The zero-order valence-electron chi connectivity index (χ0n) is 36.1. The van der Waals surface area contributed by atoms with E-state index < -0.39 is 67.6 Å². The third-order valence-electron chi connectivity index (χ3n) is 10.5. The molecule has 0 saturated carbocycles. The lowest BCUT2D eigenvalue weighted by Crippen LogP contribution is -2.59. The number of amides is 5. The molecule has 16 nitrogen and oxygen atoms in total. The molecule has 0 radical (unpaired) electrons. The van der Waals surface area contributed by atoms with Crippen molar-refractivity contribution in [3.8, 4) is 5.75 Å². The summed E-state index contributed by atoms with van der Waals surface area (Å²) in [7, 11) is -4.84. The van der Waals surface area contributed by atoms with E-state index in [4.69, 9.17) is 9.79 Å².